The Balaban J connectivity index is 1.42. The number of likely N-dealkylation sites (tertiary alicyclic amines) is 1. The van der Waals surface area contributed by atoms with Crippen LogP contribution in [0.15, 0.2) is 36.9 Å². The van der Waals surface area contributed by atoms with Crippen LogP contribution >= 0.6 is 0 Å². The van der Waals surface area contributed by atoms with Crippen molar-refractivity contribution < 1.29 is 41.9 Å². The number of carbonyl (C=O) groups excluding carboxylic acids is 6. The fraction of sp³-hybridized carbons (Fsp3) is 0.674. The topological polar surface area (TPSA) is 204 Å². The van der Waals surface area contributed by atoms with Crippen LogP contribution in [0.4, 0.5) is 9.59 Å². The van der Waals surface area contributed by atoms with E-state index in [0.717, 1.165) is 53.8 Å². The summed E-state index contributed by atoms with van der Waals surface area (Å²) in [5, 5.41) is 11.2. The van der Waals surface area contributed by atoms with Gasteiger partial charge in [-0.15, -0.1) is 6.58 Å². The van der Waals surface area contributed by atoms with Crippen LogP contribution in [0, 0.1) is 16.7 Å². The lowest BCUT2D eigenvalue weighted by Crippen LogP contribution is -2.63. The molecule has 16 nitrogen and oxygen atoms in total. The quantitative estimate of drug-likeness (QED) is 0.142. The monoisotopic (exact) mass is 855 g/mol. The van der Waals surface area contributed by atoms with Gasteiger partial charge in [0, 0.05) is 45.7 Å². The molecule has 2 aliphatic heterocycles. The molecule has 332 valence electrons. The lowest BCUT2D eigenvalue weighted by Gasteiger charge is -2.43. The average Bonchev–Trinajstić information content (AvgIpc) is 3.92. The summed E-state index contributed by atoms with van der Waals surface area (Å²) in [6.07, 6.45) is 7.42. The van der Waals surface area contributed by atoms with Gasteiger partial charge in [-0.2, -0.15) is 0 Å². The van der Waals surface area contributed by atoms with Crippen molar-refractivity contribution in [2.75, 3.05) is 39.5 Å². The highest BCUT2D eigenvalue weighted by Crippen LogP contribution is 2.41. The Morgan fingerprint density at radius 3 is 2.30 bits per heavy atom. The van der Waals surface area contributed by atoms with Gasteiger partial charge in [-0.1, -0.05) is 90.1 Å². The Bertz CT molecular complexity index is 1890. The smallest absolute Gasteiger partial charge is 0.410 e. The van der Waals surface area contributed by atoms with E-state index in [2.05, 4.69) is 27.8 Å². The van der Waals surface area contributed by atoms with Crippen molar-refractivity contribution in [2.45, 2.75) is 129 Å². The van der Waals surface area contributed by atoms with E-state index in [-0.39, 0.29) is 38.4 Å². The van der Waals surface area contributed by atoms with Crippen molar-refractivity contribution in [1.82, 2.24) is 35.4 Å². The molecule has 2 saturated carbocycles. The van der Waals surface area contributed by atoms with E-state index in [1.54, 1.807) is 4.90 Å². The molecule has 0 bridgehead atoms. The number of ether oxygens (including phenoxy) is 1. The number of nitrogens with zero attached hydrogens (tertiary/aromatic N) is 3. The molecule has 0 aromatic heterocycles. The van der Waals surface area contributed by atoms with Crippen LogP contribution in [0.5, 0.6) is 0 Å². The summed E-state index contributed by atoms with van der Waals surface area (Å²) < 4.78 is 31.9. The van der Waals surface area contributed by atoms with E-state index >= 15 is 4.79 Å². The minimum Gasteiger partial charge on any atom is -0.444 e. The number of ketones is 1. The van der Waals surface area contributed by atoms with Crippen LogP contribution in [0.1, 0.15) is 96.6 Å². The molecule has 6 amide bonds. The molecule has 0 spiro atoms. The van der Waals surface area contributed by atoms with Crippen molar-refractivity contribution in [2.24, 2.45) is 16.7 Å². The highest BCUT2D eigenvalue weighted by molar-refractivity contribution is 7.88. The van der Waals surface area contributed by atoms with E-state index in [1.165, 1.54) is 18.0 Å². The van der Waals surface area contributed by atoms with Crippen LogP contribution in [0.2, 0.25) is 0 Å². The Morgan fingerprint density at radius 1 is 1.02 bits per heavy atom. The van der Waals surface area contributed by atoms with Gasteiger partial charge in [0.15, 0.2) is 0 Å². The fourth-order valence-electron chi connectivity index (χ4n) is 8.45. The molecule has 5 rings (SSSR count). The molecule has 4 aliphatic rings. The molecule has 0 radical (unpaired) electrons. The Morgan fingerprint density at radius 2 is 1.68 bits per heavy atom. The Kier molecular flexibility index (Phi) is 15.1. The molecular weight excluding hydrogens is 791 g/mol. The molecule has 2 heterocycles. The minimum absolute atomic E-state index is 0.0119. The lowest BCUT2D eigenvalue weighted by atomic mass is 9.70. The zero-order valence-corrected chi connectivity index (χ0v) is 36.9. The standard InChI is InChI=1S/C43H65N7O9S/c1-8-21-44-38(53)35(51)32(23-28-16-17-28)45-37(52)33-24-31(59-41(56)49-22-18-29-14-10-11-15-30(29)25-49)26-50(33)39(54)36(43(5)19-12-9-13-20-43)47-40(55)46-34(42(2,3)4)27-48(6)60(7,57)58/h8,10-11,14-15,28,31-34,36H,1,9,12-13,16-27H2,2-7H3,(H,44,53)(H,45,52)(H2,46,47,55)/t31-,32?,33+,34-,36-/m1/s1. The van der Waals surface area contributed by atoms with E-state index in [4.69, 9.17) is 4.74 Å². The van der Waals surface area contributed by atoms with Gasteiger partial charge in [0.25, 0.3) is 5.91 Å². The van der Waals surface area contributed by atoms with Crippen molar-refractivity contribution >= 4 is 45.7 Å². The van der Waals surface area contributed by atoms with Crippen molar-refractivity contribution in [3.05, 3.63) is 48.0 Å². The van der Waals surface area contributed by atoms with E-state index < -0.39 is 86.8 Å². The number of amides is 6. The number of fused-ring (bicyclic) bond motifs is 1. The SMILES string of the molecule is C=CCNC(=O)C(=O)C(CC1CC1)NC(=O)[C@@H]1C[C@@H](OC(=O)N2CCc3ccccc3C2)CN1C(=O)[C@@H](NC(=O)N[C@H](CN(C)S(C)(=O)=O)C(C)(C)C)C1(C)CCCCC1. The maximum absolute atomic E-state index is 15.1. The number of likely N-dealkylation sites (N-methyl/N-ethyl adjacent to an activating group) is 1. The average molecular weight is 856 g/mol. The zero-order chi connectivity index (χ0) is 44.0. The number of carbonyl (C=O) groups is 6. The number of Topliss-reactive ketones (excluding diaryl/α,β-unsaturated/α-hetero) is 1. The summed E-state index contributed by atoms with van der Waals surface area (Å²) in [4.78, 5) is 86.4. The molecule has 1 unspecified atom stereocenters. The second-order valence-electron chi connectivity index (χ2n) is 18.5. The number of nitrogens with one attached hydrogen (secondary N) is 4. The van der Waals surface area contributed by atoms with Gasteiger partial charge in [0.2, 0.25) is 27.6 Å². The third-order valence-corrected chi connectivity index (χ3v) is 13.9. The molecule has 4 N–H and O–H groups in total. The van der Waals surface area contributed by atoms with E-state index in [0.29, 0.717) is 32.4 Å². The lowest BCUT2D eigenvalue weighted by molar-refractivity contribution is -0.144. The summed E-state index contributed by atoms with van der Waals surface area (Å²) in [6.45, 7) is 11.8. The first-order chi connectivity index (χ1) is 28.2. The fourth-order valence-corrected chi connectivity index (χ4v) is 8.87. The van der Waals surface area contributed by atoms with E-state index in [9.17, 15) is 32.4 Å². The molecule has 1 aromatic rings. The number of hydrogen-bond donors (Lipinski definition) is 4. The number of hydrogen-bond acceptors (Lipinski definition) is 9. The summed E-state index contributed by atoms with van der Waals surface area (Å²) in [6, 6.07) is 3.08. The summed E-state index contributed by atoms with van der Waals surface area (Å²) in [7, 11) is -2.13. The van der Waals surface area contributed by atoms with Crippen molar-refractivity contribution in [3.63, 3.8) is 0 Å². The maximum atomic E-state index is 15.1. The summed E-state index contributed by atoms with van der Waals surface area (Å²) in [5.74, 6) is -2.72. The summed E-state index contributed by atoms with van der Waals surface area (Å²) in [5.41, 5.74) is 0.861. The largest absolute Gasteiger partial charge is 0.444 e. The second-order valence-corrected chi connectivity index (χ2v) is 20.6. The molecule has 1 aromatic carbocycles. The van der Waals surface area contributed by atoms with Crippen LogP contribution in [0.25, 0.3) is 0 Å². The number of urea groups is 1. The zero-order valence-electron chi connectivity index (χ0n) is 36.1. The van der Waals surface area contributed by atoms with Gasteiger partial charge in [-0.25, -0.2) is 22.3 Å². The Labute approximate surface area is 355 Å². The third-order valence-electron chi connectivity index (χ3n) is 12.6. The highest BCUT2D eigenvalue weighted by Gasteiger charge is 2.50. The van der Waals surface area contributed by atoms with Crippen molar-refractivity contribution in [1.29, 1.82) is 0 Å². The maximum Gasteiger partial charge on any atom is 0.410 e. The van der Waals surface area contributed by atoms with Crippen LogP contribution in [0.3, 0.4) is 0 Å². The molecule has 5 atom stereocenters. The molecule has 1 saturated heterocycles. The van der Waals surface area contributed by atoms with Gasteiger partial charge in [0.05, 0.1) is 18.8 Å². The third kappa shape index (κ3) is 12.1. The van der Waals surface area contributed by atoms with Crippen LogP contribution < -0.4 is 21.3 Å². The van der Waals surface area contributed by atoms with Gasteiger partial charge in [-0.05, 0) is 53.6 Å². The first kappa shape index (κ1) is 46.6. The van der Waals surface area contributed by atoms with Gasteiger partial charge >= 0.3 is 12.1 Å². The first-order valence-corrected chi connectivity index (χ1v) is 23.1. The minimum atomic E-state index is -3.57. The van der Waals surface area contributed by atoms with Gasteiger partial charge in [-0.3, -0.25) is 19.2 Å². The van der Waals surface area contributed by atoms with Crippen LogP contribution in [-0.2, 0) is 46.9 Å². The van der Waals surface area contributed by atoms with E-state index in [1.807, 2.05) is 52.0 Å². The molecule has 2 aliphatic carbocycles. The molecule has 17 heteroatoms. The van der Waals surface area contributed by atoms with Crippen LogP contribution in [-0.4, -0.2) is 128 Å². The predicted octanol–water partition coefficient (Wildman–Crippen LogP) is 3.25. The van der Waals surface area contributed by atoms with Gasteiger partial charge in [0.1, 0.15) is 18.2 Å². The Hall–Kier alpha value is -4.51. The molecular formula is C43H65N7O9S. The van der Waals surface area contributed by atoms with Crippen molar-refractivity contribution in [3.8, 4) is 0 Å². The summed E-state index contributed by atoms with van der Waals surface area (Å²) >= 11 is 0. The molecule has 3 fully saturated rings. The molecule has 60 heavy (non-hydrogen) atoms. The highest BCUT2D eigenvalue weighted by atomic mass is 32.2. The number of benzene rings is 1. The first-order valence-electron chi connectivity index (χ1n) is 21.2. The van der Waals surface area contributed by atoms with Gasteiger partial charge < -0.3 is 35.8 Å². The second kappa shape index (κ2) is 19.5. The number of sulfonamides is 1. The predicted molar refractivity (Wildman–Crippen MR) is 226 cm³/mol. The number of rotatable bonds is 16. The normalized spacial score (nSPS) is 21.8.